The topological polar surface area (TPSA) is 68.7 Å². The molecule has 0 bridgehead atoms. The molecule has 2 rings (SSSR count). The Morgan fingerprint density at radius 2 is 2.10 bits per heavy atom. The first-order valence-electron chi connectivity index (χ1n) is 6.16. The highest BCUT2D eigenvalue weighted by molar-refractivity contribution is 5.91. The summed E-state index contributed by atoms with van der Waals surface area (Å²) in [4.78, 5) is 15.2. The van der Waals surface area contributed by atoms with Crippen LogP contribution in [0.1, 0.15) is 17.3 Å². The number of benzene rings is 1. The second kappa shape index (κ2) is 6.06. The van der Waals surface area contributed by atoms with Gasteiger partial charge in [-0.25, -0.2) is 9.78 Å². The fourth-order valence-corrected chi connectivity index (χ4v) is 1.86. The Bertz CT molecular complexity index is 625. The molecule has 0 amide bonds. The van der Waals surface area contributed by atoms with Crippen LogP contribution >= 0.6 is 0 Å². The van der Waals surface area contributed by atoms with Crippen molar-refractivity contribution in [2.24, 2.45) is 0 Å². The number of ether oxygens (including phenoxy) is 2. The van der Waals surface area contributed by atoms with E-state index in [1.165, 1.54) is 7.11 Å². The van der Waals surface area contributed by atoms with E-state index in [1.807, 2.05) is 31.2 Å². The predicted octanol–water partition coefficient (Wildman–Crippen LogP) is 2.85. The number of hydrogen-bond acceptors (Lipinski definition) is 4. The summed E-state index contributed by atoms with van der Waals surface area (Å²) in [6, 6.07) is 8.96. The molecular formula is C15H15NO4. The number of carboxylic acids is 1. The average Bonchev–Trinajstić information content (AvgIpc) is 2.47. The number of methoxy groups -OCH3 is 1. The lowest BCUT2D eigenvalue weighted by Crippen LogP contribution is -2.02. The molecule has 20 heavy (non-hydrogen) atoms. The van der Waals surface area contributed by atoms with Gasteiger partial charge in [-0.3, -0.25) is 0 Å². The van der Waals surface area contributed by atoms with Gasteiger partial charge in [-0.05, 0) is 30.7 Å². The molecule has 0 atom stereocenters. The SMILES string of the molecule is CCOc1cccc(-c2cnc(OC)c(C(=O)O)c2)c1. The maximum atomic E-state index is 11.2. The maximum absolute atomic E-state index is 11.2. The minimum absolute atomic E-state index is 0.0341. The number of pyridine rings is 1. The Hall–Kier alpha value is -2.56. The van der Waals surface area contributed by atoms with Gasteiger partial charge in [0.25, 0.3) is 0 Å². The molecule has 1 heterocycles. The van der Waals surface area contributed by atoms with E-state index in [0.29, 0.717) is 12.2 Å². The van der Waals surface area contributed by atoms with Crippen LogP contribution in [0.25, 0.3) is 11.1 Å². The van der Waals surface area contributed by atoms with Crippen molar-refractivity contribution < 1.29 is 19.4 Å². The molecule has 0 unspecified atom stereocenters. The van der Waals surface area contributed by atoms with Gasteiger partial charge in [-0.2, -0.15) is 0 Å². The number of aromatic carboxylic acids is 1. The first-order valence-corrected chi connectivity index (χ1v) is 6.16. The summed E-state index contributed by atoms with van der Waals surface area (Å²) in [5.41, 5.74) is 1.57. The molecule has 1 N–H and O–H groups in total. The number of hydrogen-bond donors (Lipinski definition) is 1. The maximum Gasteiger partial charge on any atom is 0.341 e. The Labute approximate surface area is 116 Å². The van der Waals surface area contributed by atoms with Crippen LogP contribution in [0.2, 0.25) is 0 Å². The van der Waals surface area contributed by atoms with Crippen LogP contribution in [0, 0.1) is 0 Å². The highest BCUT2D eigenvalue weighted by Gasteiger charge is 2.14. The molecule has 0 radical (unpaired) electrons. The molecule has 0 saturated carbocycles. The molecule has 0 aliphatic carbocycles. The van der Waals surface area contributed by atoms with E-state index in [0.717, 1.165) is 11.3 Å². The summed E-state index contributed by atoms with van der Waals surface area (Å²) in [6.07, 6.45) is 1.58. The molecule has 0 fully saturated rings. The molecule has 5 nitrogen and oxygen atoms in total. The first kappa shape index (κ1) is 13.9. The zero-order valence-electron chi connectivity index (χ0n) is 11.3. The van der Waals surface area contributed by atoms with Crippen LogP contribution in [0.15, 0.2) is 36.5 Å². The molecule has 1 aromatic carbocycles. The van der Waals surface area contributed by atoms with Gasteiger partial charge in [0.2, 0.25) is 5.88 Å². The molecular weight excluding hydrogens is 258 g/mol. The third-order valence-electron chi connectivity index (χ3n) is 2.75. The van der Waals surface area contributed by atoms with Gasteiger partial charge in [-0.15, -0.1) is 0 Å². The summed E-state index contributed by atoms with van der Waals surface area (Å²) >= 11 is 0. The lowest BCUT2D eigenvalue weighted by Gasteiger charge is -2.08. The van der Waals surface area contributed by atoms with Crippen LogP contribution in [0.5, 0.6) is 11.6 Å². The van der Waals surface area contributed by atoms with Gasteiger partial charge < -0.3 is 14.6 Å². The van der Waals surface area contributed by atoms with Gasteiger partial charge in [0.15, 0.2) is 0 Å². The molecule has 1 aromatic heterocycles. The highest BCUT2D eigenvalue weighted by atomic mass is 16.5. The Morgan fingerprint density at radius 1 is 1.30 bits per heavy atom. The van der Waals surface area contributed by atoms with E-state index in [9.17, 15) is 4.79 Å². The van der Waals surface area contributed by atoms with Crippen molar-refractivity contribution in [1.29, 1.82) is 0 Å². The second-order valence-electron chi connectivity index (χ2n) is 4.05. The van der Waals surface area contributed by atoms with E-state index in [4.69, 9.17) is 14.6 Å². The van der Waals surface area contributed by atoms with E-state index < -0.39 is 5.97 Å². The summed E-state index contributed by atoms with van der Waals surface area (Å²) in [7, 11) is 1.39. The summed E-state index contributed by atoms with van der Waals surface area (Å²) < 4.78 is 10.4. The summed E-state index contributed by atoms with van der Waals surface area (Å²) in [6.45, 7) is 2.48. The third kappa shape index (κ3) is 2.88. The number of carboxylic acid groups (broad SMARTS) is 1. The van der Waals surface area contributed by atoms with Crippen LogP contribution < -0.4 is 9.47 Å². The van der Waals surface area contributed by atoms with Gasteiger partial charge >= 0.3 is 5.97 Å². The Kier molecular flexibility index (Phi) is 4.20. The molecule has 5 heteroatoms. The zero-order valence-corrected chi connectivity index (χ0v) is 11.3. The quantitative estimate of drug-likeness (QED) is 0.907. The van der Waals surface area contributed by atoms with Gasteiger partial charge in [0.1, 0.15) is 11.3 Å². The van der Waals surface area contributed by atoms with Crippen molar-refractivity contribution in [3.8, 4) is 22.8 Å². The van der Waals surface area contributed by atoms with Crippen molar-refractivity contribution in [1.82, 2.24) is 4.98 Å². The normalized spacial score (nSPS) is 10.1. The highest BCUT2D eigenvalue weighted by Crippen LogP contribution is 2.27. The van der Waals surface area contributed by atoms with Gasteiger partial charge in [0.05, 0.1) is 13.7 Å². The fraction of sp³-hybridized carbons (Fsp3) is 0.200. The minimum atomic E-state index is -1.07. The van der Waals surface area contributed by atoms with Gasteiger partial charge in [-0.1, -0.05) is 12.1 Å². The van der Waals surface area contributed by atoms with Crippen molar-refractivity contribution in [3.63, 3.8) is 0 Å². The Balaban J connectivity index is 2.45. The Morgan fingerprint density at radius 3 is 2.75 bits per heavy atom. The monoisotopic (exact) mass is 273 g/mol. The van der Waals surface area contributed by atoms with E-state index >= 15 is 0 Å². The van der Waals surface area contributed by atoms with Crippen LogP contribution in [-0.2, 0) is 0 Å². The number of rotatable bonds is 5. The van der Waals surface area contributed by atoms with E-state index in [-0.39, 0.29) is 11.4 Å². The molecule has 104 valence electrons. The molecule has 0 aliphatic heterocycles. The smallest absolute Gasteiger partial charge is 0.341 e. The molecule has 0 saturated heterocycles. The molecule has 0 aliphatic rings. The summed E-state index contributed by atoms with van der Waals surface area (Å²) in [5, 5.41) is 9.16. The summed E-state index contributed by atoms with van der Waals surface area (Å²) in [5.74, 6) is -0.239. The fourth-order valence-electron chi connectivity index (χ4n) is 1.86. The lowest BCUT2D eigenvalue weighted by atomic mass is 10.1. The van der Waals surface area contributed by atoms with E-state index in [2.05, 4.69) is 4.98 Å². The molecule has 2 aromatic rings. The standard InChI is InChI=1S/C15H15NO4/c1-3-20-12-6-4-5-10(7-12)11-8-13(15(17)18)14(19-2)16-9-11/h4-9H,3H2,1-2H3,(H,17,18). The van der Waals surface area contributed by atoms with Crippen LogP contribution in [0.3, 0.4) is 0 Å². The lowest BCUT2D eigenvalue weighted by molar-refractivity contribution is 0.0692. The number of nitrogens with zero attached hydrogens (tertiary/aromatic N) is 1. The van der Waals surface area contributed by atoms with E-state index in [1.54, 1.807) is 12.3 Å². The first-order chi connectivity index (χ1) is 9.65. The third-order valence-corrected chi connectivity index (χ3v) is 2.75. The largest absolute Gasteiger partial charge is 0.494 e. The van der Waals surface area contributed by atoms with Crippen LogP contribution in [-0.4, -0.2) is 29.8 Å². The van der Waals surface area contributed by atoms with Crippen molar-refractivity contribution in [2.75, 3.05) is 13.7 Å². The average molecular weight is 273 g/mol. The van der Waals surface area contributed by atoms with Crippen molar-refractivity contribution >= 4 is 5.97 Å². The van der Waals surface area contributed by atoms with Crippen molar-refractivity contribution in [3.05, 3.63) is 42.1 Å². The molecule has 0 spiro atoms. The van der Waals surface area contributed by atoms with Gasteiger partial charge in [0, 0.05) is 11.8 Å². The zero-order chi connectivity index (χ0) is 14.5. The second-order valence-corrected chi connectivity index (χ2v) is 4.05. The van der Waals surface area contributed by atoms with Crippen LogP contribution in [0.4, 0.5) is 0 Å². The number of aromatic nitrogens is 1. The number of carbonyl (C=O) groups is 1. The van der Waals surface area contributed by atoms with Crippen molar-refractivity contribution in [2.45, 2.75) is 6.92 Å². The predicted molar refractivity (Wildman–Crippen MR) is 74.4 cm³/mol. The minimum Gasteiger partial charge on any atom is -0.494 e.